The zero-order valence-electron chi connectivity index (χ0n) is 16.9. The lowest BCUT2D eigenvalue weighted by atomic mass is 10.1. The molecular weight excluding hydrogens is 380 g/mol. The molecule has 7 nitrogen and oxygen atoms in total. The third-order valence-corrected chi connectivity index (χ3v) is 5.17. The summed E-state index contributed by atoms with van der Waals surface area (Å²) in [6, 6.07) is 18.9. The summed E-state index contributed by atoms with van der Waals surface area (Å²) in [5.74, 6) is 0.197. The van der Waals surface area contributed by atoms with E-state index in [1.807, 2.05) is 71.3 Å². The quantitative estimate of drug-likeness (QED) is 0.707. The number of anilines is 1. The Morgan fingerprint density at radius 3 is 2.40 bits per heavy atom. The molecule has 154 valence electrons. The van der Waals surface area contributed by atoms with Crippen LogP contribution in [0.15, 0.2) is 65.2 Å². The Morgan fingerprint density at radius 1 is 1.00 bits per heavy atom. The first kappa shape index (κ1) is 19.8. The summed E-state index contributed by atoms with van der Waals surface area (Å²) in [5, 5.41) is 6.79. The minimum absolute atomic E-state index is 0.0324. The molecule has 0 radical (unpaired) electrons. The molecule has 0 saturated carbocycles. The first-order valence-electron chi connectivity index (χ1n) is 9.99. The minimum Gasteiger partial charge on any atom is -0.338 e. The van der Waals surface area contributed by atoms with Crippen LogP contribution in [-0.4, -0.2) is 59.5 Å². The van der Waals surface area contributed by atoms with Crippen molar-refractivity contribution in [1.82, 2.24) is 15.0 Å². The van der Waals surface area contributed by atoms with Crippen molar-refractivity contribution in [3.63, 3.8) is 0 Å². The number of benzene rings is 2. The molecule has 0 atom stereocenters. The Kier molecular flexibility index (Phi) is 5.90. The molecule has 0 spiro atoms. The Labute approximate surface area is 175 Å². The van der Waals surface area contributed by atoms with Crippen LogP contribution in [0, 0.1) is 6.92 Å². The topological polar surface area (TPSA) is 78.7 Å². The summed E-state index contributed by atoms with van der Waals surface area (Å²) in [6.45, 7) is 4.76. The van der Waals surface area contributed by atoms with Crippen molar-refractivity contribution in [2.24, 2.45) is 0 Å². The third kappa shape index (κ3) is 4.75. The lowest BCUT2D eigenvalue weighted by Gasteiger charge is -2.34. The average Bonchev–Trinajstić information content (AvgIpc) is 3.23. The summed E-state index contributed by atoms with van der Waals surface area (Å²) in [5.41, 5.74) is 3.47. The number of carbonyl (C=O) groups excluding carboxylic acids is 2. The van der Waals surface area contributed by atoms with Crippen molar-refractivity contribution < 1.29 is 14.1 Å². The van der Waals surface area contributed by atoms with Gasteiger partial charge in [-0.2, -0.15) is 0 Å². The summed E-state index contributed by atoms with van der Waals surface area (Å²) >= 11 is 0. The van der Waals surface area contributed by atoms with E-state index in [9.17, 15) is 9.59 Å². The van der Waals surface area contributed by atoms with Gasteiger partial charge in [0, 0.05) is 43.4 Å². The van der Waals surface area contributed by atoms with Gasteiger partial charge in [0.05, 0.1) is 6.54 Å². The Balaban J connectivity index is 1.26. The lowest BCUT2D eigenvalue weighted by Crippen LogP contribution is -2.50. The molecule has 1 N–H and O–H groups in total. The Hall–Kier alpha value is -3.45. The summed E-state index contributed by atoms with van der Waals surface area (Å²) in [6.07, 6.45) is 0. The molecular formula is C23H24N4O3. The van der Waals surface area contributed by atoms with E-state index in [0.717, 1.165) is 5.56 Å². The van der Waals surface area contributed by atoms with Crippen LogP contribution in [0.4, 0.5) is 5.88 Å². The number of rotatable bonds is 5. The second-order valence-corrected chi connectivity index (χ2v) is 7.42. The molecule has 30 heavy (non-hydrogen) atoms. The smallest absolute Gasteiger partial charge is 0.253 e. The molecule has 1 saturated heterocycles. The van der Waals surface area contributed by atoms with E-state index in [2.05, 4.69) is 10.5 Å². The molecule has 0 bridgehead atoms. The maximum Gasteiger partial charge on any atom is 0.253 e. The maximum absolute atomic E-state index is 12.5. The average molecular weight is 404 g/mol. The second kappa shape index (κ2) is 8.92. The molecule has 1 aliphatic rings. The van der Waals surface area contributed by atoms with Crippen LogP contribution >= 0.6 is 0 Å². The van der Waals surface area contributed by atoms with E-state index < -0.39 is 0 Å². The van der Waals surface area contributed by atoms with Crippen LogP contribution < -0.4 is 5.32 Å². The zero-order chi connectivity index (χ0) is 20.9. The number of carbonyl (C=O) groups is 2. The molecule has 1 aromatic heterocycles. The van der Waals surface area contributed by atoms with Crippen molar-refractivity contribution >= 4 is 17.7 Å². The number of aromatic nitrogens is 1. The van der Waals surface area contributed by atoms with Gasteiger partial charge in [0.15, 0.2) is 0 Å². The largest absolute Gasteiger partial charge is 0.338 e. The van der Waals surface area contributed by atoms with Crippen LogP contribution in [-0.2, 0) is 4.79 Å². The first-order chi connectivity index (χ1) is 14.6. The van der Waals surface area contributed by atoms with E-state index in [1.54, 1.807) is 6.07 Å². The molecule has 2 aromatic carbocycles. The molecule has 1 aliphatic heterocycles. The molecule has 1 fully saturated rings. The lowest BCUT2D eigenvalue weighted by molar-refractivity contribution is -0.117. The maximum atomic E-state index is 12.5. The second-order valence-electron chi connectivity index (χ2n) is 7.42. The van der Waals surface area contributed by atoms with Crippen LogP contribution in [0.5, 0.6) is 0 Å². The van der Waals surface area contributed by atoms with Crippen molar-refractivity contribution in [2.45, 2.75) is 6.92 Å². The summed E-state index contributed by atoms with van der Waals surface area (Å²) < 4.78 is 5.25. The standard InChI is InChI=1S/C23H24N4O3/c1-17-7-9-18(10-8-17)20-15-22(30-25-20)24-21(28)16-26-11-13-27(14-12-26)23(29)19-5-3-2-4-6-19/h2-10,15H,11-14,16H2,1H3,(H,24,28). The van der Waals surface area contributed by atoms with E-state index >= 15 is 0 Å². The van der Waals surface area contributed by atoms with Gasteiger partial charge in [0.1, 0.15) is 5.69 Å². The van der Waals surface area contributed by atoms with E-state index in [4.69, 9.17) is 4.52 Å². The zero-order valence-corrected chi connectivity index (χ0v) is 16.9. The number of hydrogen-bond donors (Lipinski definition) is 1. The summed E-state index contributed by atoms with van der Waals surface area (Å²) in [7, 11) is 0. The highest BCUT2D eigenvalue weighted by molar-refractivity contribution is 5.94. The number of amides is 2. The van der Waals surface area contributed by atoms with Gasteiger partial charge in [-0.3, -0.25) is 19.8 Å². The SMILES string of the molecule is Cc1ccc(-c2cc(NC(=O)CN3CCN(C(=O)c4ccccc4)CC3)on2)cc1. The van der Waals surface area contributed by atoms with Gasteiger partial charge < -0.3 is 9.42 Å². The molecule has 2 amide bonds. The fourth-order valence-electron chi connectivity index (χ4n) is 3.45. The minimum atomic E-state index is -0.163. The van der Waals surface area contributed by atoms with E-state index in [0.29, 0.717) is 43.3 Å². The highest BCUT2D eigenvalue weighted by Gasteiger charge is 2.23. The van der Waals surface area contributed by atoms with Crippen LogP contribution in [0.3, 0.4) is 0 Å². The third-order valence-electron chi connectivity index (χ3n) is 5.17. The van der Waals surface area contributed by atoms with E-state index in [-0.39, 0.29) is 18.4 Å². The Morgan fingerprint density at radius 2 is 1.70 bits per heavy atom. The highest BCUT2D eigenvalue weighted by atomic mass is 16.5. The summed E-state index contributed by atoms with van der Waals surface area (Å²) in [4.78, 5) is 28.8. The fraction of sp³-hybridized carbons (Fsp3) is 0.261. The number of nitrogens with zero attached hydrogens (tertiary/aromatic N) is 3. The van der Waals surface area contributed by atoms with Gasteiger partial charge >= 0.3 is 0 Å². The van der Waals surface area contributed by atoms with Gasteiger partial charge in [-0.05, 0) is 19.1 Å². The number of piperazine rings is 1. The number of hydrogen-bond acceptors (Lipinski definition) is 5. The fourth-order valence-corrected chi connectivity index (χ4v) is 3.45. The molecule has 7 heteroatoms. The van der Waals surface area contributed by atoms with Crippen LogP contribution in [0.25, 0.3) is 11.3 Å². The van der Waals surface area contributed by atoms with Crippen molar-refractivity contribution in [1.29, 1.82) is 0 Å². The molecule has 0 unspecified atom stereocenters. The number of nitrogens with one attached hydrogen (secondary N) is 1. The monoisotopic (exact) mass is 404 g/mol. The molecule has 4 rings (SSSR count). The van der Waals surface area contributed by atoms with Gasteiger partial charge in [-0.1, -0.05) is 53.2 Å². The van der Waals surface area contributed by atoms with Gasteiger partial charge in [-0.15, -0.1) is 0 Å². The predicted molar refractivity (Wildman–Crippen MR) is 114 cm³/mol. The Bertz CT molecular complexity index is 1010. The predicted octanol–water partition coefficient (Wildman–Crippen LogP) is 3.05. The first-order valence-corrected chi connectivity index (χ1v) is 9.99. The van der Waals surface area contributed by atoms with Gasteiger partial charge in [0.25, 0.3) is 5.91 Å². The van der Waals surface area contributed by atoms with Gasteiger partial charge in [-0.25, -0.2) is 0 Å². The number of aryl methyl sites for hydroxylation is 1. The highest BCUT2D eigenvalue weighted by Crippen LogP contribution is 2.22. The van der Waals surface area contributed by atoms with Gasteiger partial charge in [0.2, 0.25) is 11.8 Å². The van der Waals surface area contributed by atoms with Crippen LogP contribution in [0.1, 0.15) is 15.9 Å². The van der Waals surface area contributed by atoms with Crippen molar-refractivity contribution in [3.8, 4) is 11.3 Å². The molecule has 3 aromatic rings. The van der Waals surface area contributed by atoms with Crippen LogP contribution in [0.2, 0.25) is 0 Å². The van der Waals surface area contributed by atoms with E-state index in [1.165, 1.54) is 5.56 Å². The van der Waals surface area contributed by atoms with Crippen molar-refractivity contribution in [2.75, 3.05) is 38.0 Å². The molecule has 0 aliphatic carbocycles. The van der Waals surface area contributed by atoms with Crippen molar-refractivity contribution in [3.05, 3.63) is 71.8 Å². The molecule has 2 heterocycles. The normalized spacial score (nSPS) is 14.5.